The minimum atomic E-state index is -0.996. The van der Waals surface area contributed by atoms with Gasteiger partial charge < -0.3 is 9.84 Å². The predicted octanol–water partition coefficient (Wildman–Crippen LogP) is 6.27. The van der Waals surface area contributed by atoms with Crippen LogP contribution < -0.4 is 4.74 Å². The number of thioether (sulfide) groups is 1. The zero-order valence-corrected chi connectivity index (χ0v) is 20.9. The van der Waals surface area contributed by atoms with Crippen LogP contribution in [0.15, 0.2) is 81.1 Å². The number of likely N-dealkylation sites (N-methyl/N-ethyl adjacent to an activating group) is 1. The fourth-order valence-corrected chi connectivity index (χ4v) is 4.66. The van der Waals surface area contributed by atoms with E-state index >= 15 is 0 Å². The van der Waals surface area contributed by atoms with E-state index in [-0.39, 0.29) is 11.5 Å². The molecule has 1 aliphatic rings. The molecule has 0 atom stereocenters. The van der Waals surface area contributed by atoms with Gasteiger partial charge >= 0.3 is 5.97 Å². The summed E-state index contributed by atoms with van der Waals surface area (Å²) >= 11 is 4.83. The second-order valence-corrected chi connectivity index (χ2v) is 9.55. The Labute approximate surface area is 210 Å². The number of amides is 1. The van der Waals surface area contributed by atoms with Gasteiger partial charge in [0.25, 0.3) is 5.91 Å². The summed E-state index contributed by atoms with van der Waals surface area (Å²) < 4.78 is 6.73. The molecule has 1 fully saturated rings. The Morgan fingerprint density at radius 3 is 2.47 bits per heavy atom. The number of halogens is 1. The smallest absolute Gasteiger partial charge is 0.335 e. The van der Waals surface area contributed by atoms with Crippen LogP contribution in [0.4, 0.5) is 5.69 Å². The monoisotopic (exact) mass is 536 g/mol. The van der Waals surface area contributed by atoms with Crippen molar-refractivity contribution in [3.8, 4) is 5.75 Å². The molecule has 3 aromatic rings. The lowest BCUT2D eigenvalue weighted by atomic mass is 10.1. The van der Waals surface area contributed by atoms with Crippen LogP contribution >= 0.6 is 27.7 Å². The van der Waals surface area contributed by atoms with Crippen molar-refractivity contribution in [2.45, 2.75) is 13.5 Å². The number of aromatic carboxylic acids is 1. The highest BCUT2D eigenvalue weighted by atomic mass is 79.9. The van der Waals surface area contributed by atoms with Crippen LogP contribution in [0.5, 0.6) is 5.75 Å². The first-order chi connectivity index (χ1) is 16.3. The van der Waals surface area contributed by atoms with Crippen molar-refractivity contribution in [2.75, 3.05) is 7.05 Å². The van der Waals surface area contributed by atoms with Gasteiger partial charge in [0.15, 0.2) is 5.17 Å². The van der Waals surface area contributed by atoms with E-state index < -0.39 is 5.97 Å². The van der Waals surface area contributed by atoms with Gasteiger partial charge in [-0.15, -0.1) is 0 Å². The molecule has 1 heterocycles. The summed E-state index contributed by atoms with van der Waals surface area (Å²) in [6, 6.07) is 20.1. The van der Waals surface area contributed by atoms with Crippen LogP contribution in [0.2, 0.25) is 0 Å². The standard InChI is InChI=1S/C26H21BrN2O4S/c1-16-3-5-17(6-4-16)15-33-22-12-7-18(13-21(22)27)14-23-24(30)29(2)26(34-23)28-20-10-8-19(9-11-20)25(31)32/h3-14H,15H2,1-2H3,(H,31,32). The highest BCUT2D eigenvalue weighted by Crippen LogP contribution is 2.34. The summed E-state index contributed by atoms with van der Waals surface area (Å²) in [5.41, 5.74) is 3.91. The van der Waals surface area contributed by atoms with E-state index in [0.717, 1.165) is 21.3 Å². The zero-order chi connectivity index (χ0) is 24.2. The van der Waals surface area contributed by atoms with E-state index in [9.17, 15) is 9.59 Å². The Hall–Kier alpha value is -3.36. The summed E-state index contributed by atoms with van der Waals surface area (Å²) in [5, 5.41) is 9.55. The van der Waals surface area contributed by atoms with Gasteiger partial charge in [0.05, 0.1) is 20.6 Å². The fraction of sp³-hybridized carbons (Fsp3) is 0.115. The lowest BCUT2D eigenvalue weighted by molar-refractivity contribution is -0.121. The molecule has 172 valence electrons. The number of carbonyl (C=O) groups excluding carboxylic acids is 1. The van der Waals surface area contributed by atoms with Crippen molar-refractivity contribution in [2.24, 2.45) is 4.99 Å². The molecule has 0 aliphatic carbocycles. The van der Waals surface area contributed by atoms with Crippen LogP contribution in [0, 0.1) is 6.92 Å². The first-order valence-electron chi connectivity index (χ1n) is 10.4. The number of hydrogen-bond donors (Lipinski definition) is 1. The predicted molar refractivity (Wildman–Crippen MR) is 138 cm³/mol. The number of rotatable bonds is 6. The maximum atomic E-state index is 12.7. The number of nitrogens with zero attached hydrogens (tertiary/aromatic N) is 2. The van der Waals surface area contributed by atoms with Crippen LogP contribution in [0.3, 0.4) is 0 Å². The molecule has 0 spiro atoms. The maximum Gasteiger partial charge on any atom is 0.335 e. The first-order valence-corrected chi connectivity index (χ1v) is 12.0. The van der Waals surface area contributed by atoms with Crippen LogP contribution in [0.25, 0.3) is 6.08 Å². The molecule has 1 N–H and O–H groups in total. The van der Waals surface area contributed by atoms with E-state index in [2.05, 4.69) is 33.1 Å². The van der Waals surface area contributed by atoms with Gasteiger partial charge in [0, 0.05) is 7.05 Å². The quantitative estimate of drug-likeness (QED) is 0.375. The molecule has 6 nitrogen and oxygen atoms in total. The Morgan fingerprint density at radius 2 is 1.82 bits per heavy atom. The number of ether oxygens (including phenoxy) is 1. The molecule has 0 aromatic heterocycles. The maximum absolute atomic E-state index is 12.7. The molecule has 1 saturated heterocycles. The summed E-state index contributed by atoms with van der Waals surface area (Å²) in [6.45, 7) is 2.51. The largest absolute Gasteiger partial charge is 0.488 e. The second kappa shape index (κ2) is 10.3. The number of aliphatic imine (C=N–C) groups is 1. The SMILES string of the molecule is Cc1ccc(COc2ccc(C=C3SC(=Nc4ccc(C(=O)O)cc4)N(C)C3=O)cc2Br)cc1. The Kier molecular flexibility index (Phi) is 7.19. The molecule has 0 saturated carbocycles. The van der Waals surface area contributed by atoms with Crippen molar-refractivity contribution in [3.05, 3.63) is 98.4 Å². The van der Waals surface area contributed by atoms with Crippen molar-refractivity contribution < 1.29 is 19.4 Å². The van der Waals surface area contributed by atoms with E-state index in [1.807, 2.05) is 43.3 Å². The van der Waals surface area contributed by atoms with E-state index in [1.165, 1.54) is 34.4 Å². The van der Waals surface area contributed by atoms with Crippen molar-refractivity contribution >= 4 is 56.5 Å². The van der Waals surface area contributed by atoms with Gasteiger partial charge in [0.2, 0.25) is 0 Å². The number of carboxylic acid groups (broad SMARTS) is 1. The number of carboxylic acids is 1. The molecule has 0 unspecified atom stereocenters. The average molecular weight is 537 g/mol. The summed E-state index contributed by atoms with van der Waals surface area (Å²) in [5.74, 6) is -0.427. The third kappa shape index (κ3) is 5.58. The third-order valence-corrected chi connectivity index (χ3v) is 6.79. The van der Waals surface area contributed by atoms with Gasteiger partial charge in [-0.1, -0.05) is 35.9 Å². The Balaban J connectivity index is 1.47. The number of amidine groups is 1. The number of carbonyl (C=O) groups is 2. The highest BCUT2D eigenvalue weighted by molar-refractivity contribution is 9.10. The third-order valence-electron chi connectivity index (χ3n) is 5.11. The van der Waals surface area contributed by atoms with Gasteiger partial charge in [-0.25, -0.2) is 9.79 Å². The number of hydrogen-bond acceptors (Lipinski definition) is 5. The van der Waals surface area contributed by atoms with Gasteiger partial charge in [-0.3, -0.25) is 9.69 Å². The summed E-state index contributed by atoms with van der Waals surface area (Å²) in [4.78, 5) is 30.3. The molecule has 8 heteroatoms. The zero-order valence-electron chi connectivity index (χ0n) is 18.5. The Bertz CT molecular complexity index is 1300. The minimum Gasteiger partial charge on any atom is -0.488 e. The van der Waals surface area contributed by atoms with Gasteiger partial charge in [-0.2, -0.15) is 0 Å². The number of benzene rings is 3. The van der Waals surface area contributed by atoms with Gasteiger partial charge in [0.1, 0.15) is 12.4 Å². The van der Waals surface area contributed by atoms with Crippen LogP contribution in [0.1, 0.15) is 27.0 Å². The number of aryl methyl sites for hydroxylation is 1. The lowest BCUT2D eigenvalue weighted by Crippen LogP contribution is -2.23. The first kappa shape index (κ1) is 23.8. The van der Waals surface area contributed by atoms with Gasteiger partial charge in [-0.05, 0) is 88.2 Å². The molecule has 4 rings (SSSR count). The van der Waals surface area contributed by atoms with Crippen molar-refractivity contribution in [1.82, 2.24) is 4.90 Å². The van der Waals surface area contributed by atoms with Crippen molar-refractivity contribution in [3.63, 3.8) is 0 Å². The van der Waals surface area contributed by atoms with E-state index in [4.69, 9.17) is 9.84 Å². The minimum absolute atomic E-state index is 0.151. The van der Waals surface area contributed by atoms with Crippen LogP contribution in [-0.4, -0.2) is 34.1 Å². The Morgan fingerprint density at radius 1 is 1.12 bits per heavy atom. The van der Waals surface area contributed by atoms with E-state index in [1.54, 1.807) is 19.2 Å². The molecule has 34 heavy (non-hydrogen) atoms. The highest BCUT2D eigenvalue weighted by Gasteiger charge is 2.30. The topological polar surface area (TPSA) is 79.2 Å². The average Bonchev–Trinajstić information content (AvgIpc) is 3.07. The molecular formula is C26H21BrN2O4S. The molecular weight excluding hydrogens is 516 g/mol. The lowest BCUT2D eigenvalue weighted by Gasteiger charge is -2.09. The van der Waals surface area contributed by atoms with E-state index in [0.29, 0.717) is 22.4 Å². The molecule has 0 radical (unpaired) electrons. The molecule has 1 aliphatic heterocycles. The molecule has 3 aromatic carbocycles. The molecule has 1 amide bonds. The van der Waals surface area contributed by atoms with Crippen LogP contribution in [-0.2, 0) is 11.4 Å². The fourth-order valence-electron chi connectivity index (χ4n) is 3.16. The molecule has 0 bridgehead atoms. The summed E-state index contributed by atoms with van der Waals surface area (Å²) in [6.07, 6.45) is 1.81. The second-order valence-electron chi connectivity index (χ2n) is 7.69. The normalized spacial score (nSPS) is 15.9. The summed E-state index contributed by atoms with van der Waals surface area (Å²) in [7, 11) is 1.67. The van der Waals surface area contributed by atoms with Crippen molar-refractivity contribution in [1.29, 1.82) is 0 Å².